The van der Waals surface area contributed by atoms with Gasteiger partial charge in [-0.15, -0.1) is 6.58 Å². The maximum Gasteiger partial charge on any atom is 0.127 e. The zero-order valence-electron chi connectivity index (χ0n) is 29.1. The highest BCUT2D eigenvalue weighted by Gasteiger charge is 2.49. The van der Waals surface area contributed by atoms with Crippen LogP contribution in [-0.4, -0.2) is 70.7 Å². The lowest BCUT2D eigenvalue weighted by Crippen LogP contribution is -2.58. The van der Waals surface area contributed by atoms with E-state index >= 15 is 0 Å². The first-order valence-electron chi connectivity index (χ1n) is 17.5. The Morgan fingerprint density at radius 2 is 1.38 bits per heavy atom. The van der Waals surface area contributed by atoms with E-state index < -0.39 is 18.3 Å². The van der Waals surface area contributed by atoms with Crippen molar-refractivity contribution < 1.29 is 33.2 Å². The van der Waals surface area contributed by atoms with Crippen LogP contribution in [0.2, 0.25) is 5.02 Å². The second-order valence-corrected chi connectivity index (χ2v) is 12.2. The van der Waals surface area contributed by atoms with Crippen molar-refractivity contribution in [3.05, 3.63) is 83.4 Å². The third-order valence-electron chi connectivity index (χ3n) is 8.05. The van der Waals surface area contributed by atoms with E-state index in [1.165, 1.54) is 0 Å². The van der Waals surface area contributed by atoms with Gasteiger partial charge in [0, 0.05) is 30.4 Å². The van der Waals surface area contributed by atoms with Crippen molar-refractivity contribution >= 4 is 11.6 Å². The third-order valence-corrected chi connectivity index (χ3v) is 8.40. The molecule has 0 bridgehead atoms. The van der Waals surface area contributed by atoms with Crippen LogP contribution in [-0.2, 0) is 30.1 Å². The quantitative estimate of drug-likeness (QED) is 0.0814. The minimum Gasteiger partial charge on any atom is -0.494 e. The van der Waals surface area contributed by atoms with Gasteiger partial charge in [0.2, 0.25) is 0 Å². The molecule has 0 radical (unpaired) electrons. The number of halogens is 1. The van der Waals surface area contributed by atoms with Gasteiger partial charge in [0.15, 0.2) is 0 Å². The van der Waals surface area contributed by atoms with Crippen LogP contribution in [0.5, 0.6) is 11.5 Å². The van der Waals surface area contributed by atoms with Crippen molar-refractivity contribution in [2.24, 2.45) is 0 Å². The average molecular weight is 673 g/mol. The zero-order valence-corrected chi connectivity index (χ0v) is 29.8. The summed E-state index contributed by atoms with van der Waals surface area (Å²) in [5.41, 5.74) is 2.92. The zero-order chi connectivity index (χ0) is 33.9. The minimum atomic E-state index is -0.530. The molecule has 47 heavy (non-hydrogen) atoms. The lowest BCUT2D eigenvalue weighted by molar-refractivity contribution is -0.268. The second-order valence-electron chi connectivity index (χ2n) is 11.8. The topological polar surface area (TPSA) is 64.6 Å². The summed E-state index contributed by atoms with van der Waals surface area (Å²) < 4.78 is 44.9. The molecule has 5 atom stereocenters. The van der Waals surface area contributed by atoms with Gasteiger partial charge in [0.1, 0.15) is 48.6 Å². The van der Waals surface area contributed by atoms with Gasteiger partial charge in [-0.25, -0.2) is 0 Å². The Hall–Kier alpha value is -2.39. The minimum absolute atomic E-state index is 0.320. The first kappa shape index (κ1) is 39.1. The lowest BCUT2D eigenvalue weighted by atomic mass is 9.88. The Balaban J connectivity index is 2.11. The van der Waals surface area contributed by atoms with Crippen LogP contribution in [0.1, 0.15) is 89.0 Å². The summed E-state index contributed by atoms with van der Waals surface area (Å²) in [6, 6.07) is 12.1. The molecular weight excluding hydrogens is 616 g/mol. The molecule has 2 aromatic carbocycles. The van der Waals surface area contributed by atoms with E-state index in [4.69, 9.17) is 44.8 Å². The van der Waals surface area contributed by atoms with Gasteiger partial charge in [0.05, 0.1) is 19.8 Å². The van der Waals surface area contributed by atoms with Crippen LogP contribution < -0.4 is 9.47 Å². The predicted octanol–water partition coefficient (Wildman–Crippen LogP) is 9.09. The van der Waals surface area contributed by atoms with E-state index in [1.807, 2.05) is 25.1 Å². The molecule has 1 aliphatic rings. The van der Waals surface area contributed by atoms with Crippen LogP contribution in [0.15, 0.2) is 61.7 Å². The van der Waals surface area contributed by atoms with Gasteiger partial charge in [-0.2, -0.15) is 0 Å². The summed E-state index contributed by atoms with van der Waals surface area (Å²) in [6.45, 7) is 19.6. The molecule has 2 aromatic rings. The van der Waals surface area contributed by atoms with E-state index in [0.717, 1.165) is 61.0 Å². The van der Waals surface area contributed by atoms with E-state index in [-0.39, 0.29) is 12.2 Å². The molecule has 0 saturated carbocycles. The molecule has 7 nitrogen and oxygen atoms in total. The summed E-state index contributed by atoms with van der Waals surface area (Å²) in [5, 5.41) is 0.614. The number of hydrogen-bond acceptors (Lipinski definition) is 7. The van der Waals surface area contributed by atoms with Crippen LogP contribution >= 0.6 is 11.6 Å². The van der Waals surface area contributed by atoms with Crippen molar-refractivity contribution in [1.29, 1.82) is 0 Å². The highest BCUT2D eigenvalue weighted by molar-refractivity contribution is 6.31. The first-order chi connectivity index (χ1) is 23.0. The molecule has 0 aromatic heterocycles. The van der Waals surface area contributed by atoms with Crippen molar-refractivity contribution in [3.63, 3.8) is 0 Å². The van der Waals surface area contributed by atoms with Crippen molar-refractivity contribution in [2.45, 2.75) is 103 Å². The number of hydrogen-bond donors (Lipinski definition) is 0. The van der Waals surface area contributed by atoms with Crippen LogP contribution in [0.25, 0.3) is 0 Å². The van der Waals surface area contributed by atoms with Gasteiger partial charge in [-0.3, -0.25) is 0 Å². The molecule has 1 fully saturated rings. The van der Waals surface area contributed by atoms with E-state index in [1.54, 1.807) is 12.2 Å². The van der Waals surface area contributed by atoms with E-state index in [9.17, 15) is 0 Å². The normalized spacial score (nSPS) is 21.0. The molecule has 0 aliphatic carbocycles. The third kappa shape index (κ3) is 12.2. The highest BCUT2D eigenvalue weighted by Crippen LogP contribution is 2.43. The summed E-state index contributed by atoms with van der Waals surface area (Å²) in [7, 11) is 0. The molecule has 0 unspecified atom stereocenters. The second kappa shape index (κ2) is 22.3. The fourth-order valence-electron chi connectivity index (χ4n) is 5.57. The number of ether oxygens (including phenoxy) is 7. The molecule has 3 rings (SSSR count). The first-order valence-corrected chi connectivity index (χ1v) is 17.8. The average Bonchev–Trinajstić information content (AvgIpc) is 3.07. The van der Waals surface area contributed by atoms with Crippen molar-refractivity contribution in [1.82, 2.24) is 0 Å². The lowest BCUT2D eigenvalue weighted by Gasteiger charge is -2.46. The van der Waals surface area contributed by atoms with Gasteiger partial charge >= 0.3 is 0 Å². The maximum atomic E-state index is 7.00. The maximum absolute atomic E-state index is 7.00. The summed E-state index contributed by atoms with van der Waals surface area (Å²) in [5.74, 6) is 1.47. The van der Waals surface area contributed by atoms with E-state index in [2.05, 4.69) is 52.1 Å². The molecule has 1 heterocycles. The smallest absolute Gasteiger partial charge is 0.127 e. The molecule has 262 valence electrons. The fourth-order valence-corrected chi connectivity index (χ4v) is 5.79. The Bertz CT molecular complexity index is 1170. The molecule has 0 amide bonds. The highest BCUT2D eigenvalue weighted by atomic mass is 35.5. The SMILES string of the molecule is C=CCOC[C@H]1O[C@@H](c2cc(Cc3ccc(OCC)cc3)c(Cl)cc2OCC=C)[C@H](OCCCC)[C@@H](OCCCC)[C@@H]1OCCCC. The molecule has 8 heteroatoms. The Morgan fingerprint density at radius 3 is 1.98 bits per heavy atom. The molecule has 0 N–H and O–H groups in total. The van der Waals surface area contributed by atoms with Gasteiger partial charge in [-0.05, 0) is 68.0 Å². The number of unbranched alkanes of at least 4 members (excludes halogenated alkanes) is 3. The van der Waals surface area contributed by atoms with Crippen LogP contribution in [0.4, 0.5) is 0 Å². The van der Waals surface area contributed by atoms with Crippen molar-refractivity contribution in [3.8, 4) is 11.5 Å². The standard InChI is InChI=1S/C39H57ClO7/c1-7-13-22-44-37-35(28-41-20-10-4)47-36(38(45-23-14-8-2)39(37)46-24-15-9-3)32-26-30(33(40)27-34(32)43-21-11-5)25-29-16-18-31(19-17-29)42-12-6/h10-11,16-19,26-27,35-39H,4-5,7-9,12-15,20-25,28H2,1-3,6H3/t35-,36+,37-,38+,39+/m1/s1. The number of rotatable bonds is 24. The summed E-state index contributed by atoms with van der Waals surface area (Å²) in [6.07, 6.45) is 7.79. The Kier molecular flexibility index (Phi) is 18.5. The molecular formula is C39H57ClO7. The number of benzene rings is 2. The largest absolute Gasteiger partial charge is 0.494 e. The molecule has 0 spiro atoms. The van der Waals surface area contributed by atoms with Crippen LogP contribution in [0.3, 0.4) is 0 Å². The van der Waals surface area contributed by atoms with Gasteiger partial charge < -0.3 is 33.2 Å². The Labute approximate surface area is 288 Å². The molecule has 1 aliphatic heterocycles. The van der Waals surface area contributed by atoms with E-state index in [0.29, 0.717) is 63.4 Å². The monoisotopic (exact) mass is 672 g/mol. The van der Waals surface area contributed by atoms with Gasteiger partial charge in [0.25, 0.3) is 0 Å². The van der Waals surface area contributed by atoms with Gasteiger partial charge in [-0.1, -0.05) is 82.5 Å². The fraction of sp³-hybridized carbons (Fsp3) is 0.590. The summed E-state index contributed by atoms with van der Waals surface area (Å²) in [4.78, 5) is 0. The van der Waals surface area contributed by atoms with Crippen molar-refractivity contribution in [2.75, 3.05) is 46.2 Å². The summed E-state index contributed by atoms with van der Waals surface area (Å²) >= 11 is 6.93. The Morgan fingerprint density at radius 1 is 0.766 bits per heavy atom. The predicted molar refractivity (Wildman–Crippen MR) is 190 cm³/mol. The van der Waals surface area contributed by atoms with Crippen LogP contribution in [0, 0.1) is 0 Å². The molecule has 1 saturated heterocycles.